The maximum atomic E-state index is 12.1. The molecule has 0 aromatic carbocycles. The summed E-state index contributed by atoms with van der Waals surface area (Å²) >= 11 is 5.80. The monoisotopic (exact) mass is 365 g/mol. The third kappa shape index (κ3) is 4.69. The van der Waals surface area contributed by atoms with Crippen LogP contribution < -0.4 is 10.1 Å². The van der Waals surface area contributed by atoms with Gasteiger partial charge < -0.3 is 10.1 Å². The van der Waals surface area contributed by atoms with Crippen LogP contribution in [0.3, 0.4) is 0 Å². The predicted octanol–water partition coefficient (Wildman–Crippen LogP) is 1.69. The lowest BCUT2D eigenvalue weighted by molar-refractivity contribution is -0.142. The zero-order chi connectivity index (χ0) is 17.8. The molecule has 1 aromatic rings. The Morgan fingerprint density at radius 1 is 1.20 bits per heavy atom. The van der Waals surface area contributed by atoms with Crippen molar-refractivity contribution >= 4 is 29.3 Å². The maximum Gasteiger partial charge on any atom is 0.240 e. The number of rotatable bonds is 5. The Balaban J connectivity index is 1.41. The molecule has 1 aromatic heterocycles. The number of halogens is 1. The number of hydrogen-bond donors (Lipinski definition) is 1. The van der Waals surface area contributed by atoms with Gasteiger partial charge in [-0.2, -0.15) is 0 Å². The number of pyridine rings is 1. The van der Waals surface area contributed by atoms with Crippen LogP contribution in [0.25, 0.3) is 0 Å². The summed E-state index contributed by atoms with van der Waals surface area (Å²) in [6, 6.07) is 3.51. The van der Waals surface area contributed by atoms with Crippen molar-refractivity contribution < 1.29 is 19.1 Å². The van der Waals surface area contributed by atoms with Crippen molar-refractivity contribution in [1.82, 2.24) is 15.2 Å². The second kappa shape index (κ2) is 7.82. The second-order valence-electron chi connectivity index (χ2n) is 6.35. The minimum absolute atomic E-state index is 0.0401. The number of likely N-dealkylation sites (tertiary alicyclic amines) is 1. The van der Waals surface area contributed by atoms with E-state index in [9.17, 15) is 14.4 Å². The molecule has 0 atom stereocenters. The molecule has 1 N–H and O–H groups in total. The molecule has 2 fully saturated rings. The lowest BCUT2D eigenvalue weighted by Gasteiger charge is -2.29. The second-order valence-corrected chi connectivity index (χ2v) is 6.78. The molecule has 1 aliphatic heterocycles. The Bertz CT molecular complexity index is 640. The Morgan fingerprint density at radius 2 is 1.88 bits per heavy atom. The molecule has 1 saturated carbocycles. The molecule has 3 rings (SSSR count). The van der Waals surface area contributed by atoms with Crippen molar-refractivity contribution in [3.8, 4) is 5.88 Å². The highest BCUT2D eigenvalue weighted by atomic mass is 35.5. The Kier molecular flexibility index (Phi) is 5.53. The molecule has 2 aliphatic rings. The van der Waals surface area contributed by atoms with Crippen molar-refractivity contribution in [2.24, 2.45) is 0 Å². The fourth-order valence-electron chi connectivity index (χ4n) is 3.14. The molecule has 2 heterocycles. The first kappa shape index (κ1) is 17.7. The molecule has 0 unspecified atom stereocenters. The Hall–Kier alpha value is -2.15. The van der Waals surface area contributed by atoms with E-state index < -0.39 is 0 Å². The molecule has 3 amide bonds. The van der Waals surface area contributed by atoms with Gasteiger partial charge in [0, 0.05) is 31.1 Å². The number of aromatic nitrogens is 1. The first-order chi connectivity index (χ1) is 12.0. The molecular weight excluding hydrogens is 346 g/mol. The molecule has 0 radical (unpaired) electrons. The van der Waals surface area contributed by atoms with E-state index in [1.165, 1.54) is 0 Å². The number of carbonyl (C=O) groups excluding carboxylic acids is 3. The summed E-state index contributed by atoms with van der Waals surface area (Å²) in [4.78, 5) is 40.3. The fraction of sp³-hybridized carbons (Fsp3) is 0.529. The molecule has 134 valence electrons. The van der Waals surface area contributed by atoms with Crippen LogP contribution in [0.1, 0.15) is 38.5 Å². The molecule has 8 heteroatoms. The molecule has 0 spiro atoms. The molecule has 0 bridgehead atoms. The van der Waals surface area contributed by atoms with Crippen LogP contribution in [0.15, 0.2) is 18.3 Å². The summed E-state index contributed by atoms with van der Waals surface area (Å²) in [5.74, 6) is -0.282. The zero-order valence-corrected chi connectivity index (χ0v) is 14.5. The van der Waals surface area contributed by atoms with Crippen LogP contribution >= 0.6 is 11.6 Å². The Morgan fingerprint density at radius 3 is 2.48 bits per heavy atom. The average Bonchev–Trinajstić information content (AvgIpc) is 2.90. The SMILES string of the molecule is O=C(CN1C(=O)CCC1=O)NC1CCC(Oc2ccc(Cl)cn2)CC1. The number of nitrogens with zero attached hydrogens (tertiary/aromatic N) is 2. The van der Waals surface area contributed by atoms with E-state index in [0.717, 1.165) is 30.6 Å². The minimum Gasteiger partial charge on any atom is -0.474 e. The van der Waals surface area contributed by atoms with Crippen LogP contribution in [0.4, 0.5) is 0 Å². The van der Waals surface area contributed by atoms with Crippen LogP contribution in [-0.2, 0) is 14.4 Å². The first-order valence-corrected chi connectivity index (χ1v) is 8.80. The van der Waals surface area contributed by atoms with E-state index in [-0.39, 0.29) is 49.3 Å². The zero-order valence-electron chi connectivity index (χ0n) is 13.7. The highest BCUT2D eigenvalue weighted by Gasteiger charge is 2.31. The highest BCUT2D eigenvalue weighted by molar-refractivity contribution is 6.30. The largest absolute Gasteiger partial charge is 0.474 e. The van der Waals surface area contributed by atoms with E-state index in [0.29, 0.717) is 10.9 Å². The minimum atomic E-state index is -0.285. The van der Waals surface area contributed by atoms with Crippen LogP contribution in [0.5, 0.6) is 5.88 Å². The number of imide groups is 1. The smallest absolute Gasteiger partial charge is 0.240 e. The van der Waals surface area contributed by atoms with Gasteiger partial charge in [0.1, 0.15) is 12.6 Å². The summed E-state index contributed by atoms with van der Waals surface area (Å²) in [5, 5.41) is 3.47. The van der Waals surface area contributed by atoms with E-state index >= 15 is 0 Å². The summed E-state index contributed by atoms with van der Waals surface area (Å²) in [5.41, 5.74) is 0. The van der Waals surface area contributed by atoms with Gasteiger partial charge in [0.15, 0.2) is 0 Å². The quantitative estimate of drug-likeness (QED) is 0.802. The van der Waals surface area contributed by atoms with Crippen LogP contribution in [0.2, 0.25) is 5.02 Å². The van der Waals surface area contributed by atoms with Crippen molar-refractivity contribution in [3.05, 3.63) is 23.4 Å². The number of amides is 3. The highest BCUT2D eigenvalue weighted by Crippen LogP contribution is 2.23. The summed E-state index contributed by atoms with van der Waals surface area (Å²) in [6.45, 7) is -0.178. The average molecular weight is 366 g/mol. The van der Waals surface area contributed by atoms with Gasteiger partial charge in [-0.3, -0.25) is 19.3 Å². The topological polar surface area (TPSA) is 88.6 Å². The van der Waals surface area contributed by atoms with Crippen LogP contribution in [-0.4, -0.2) is 46.3 Å². The third-order valence-electron chi connectivity index (χ3n) is 4.48. The van der Waals surface area contributed by atoms with Gasteiger partial charge >= 0.3 is 0 Å². The van der Waals surface area contributed by atoms with Crippen molar-refractivity contribution in [1.29, 1.82) is 0 Å². The van der Waals surface area contributed by atoms with E-state index in [4.69, 9.17) is 16.3 Å². The molecule has 1 saturated heterocycles. The van der Waals surface area contributed by atoms with E-state index in [1.807, 2.05) is 0 Å². The van der Waals surface area contributed by atoms with Gasteiger partial charge in [-0.05, 0) is 31.7 Å². The number of ether oxygens (including phenoxy) is 1. The maximum absolute atomic E-state index is 12.1. The molecule has 7 nitrogen and oxygen atoms in total. The standard InChI is InChI=1S/C17H20ClN3O4/c18-11-1-6-15(19-9-11)25-13-4-2-12(3-5-13)20-14(22)10-21-16(23)7-8-17(21)24/h1,6,9,12-13H,2-5,7-8,10H2,(H,20,22). The lowest BCUT2D eigenvalue weighted by atomic mass is 9.93. The Labute approximate surface area is 150 Å². The van der Waals surface area contributed by atoms with E-state index in [1.54, 1.807) is 18.3 Å². The van der Waals surface area contributed by atoms with Crippen molar-refractivity contribution in [3.63, 3.8) is 0 Å². The van der Waals surface area contributed by atoms with Gasteiger partial charge in [0.2, 0.25) is 23.6 Å². The molecular formula is C17H20ClN3O4. The third-order valence-corrected chi connectivity index (χ3v) is 4.71. The summed E-state index contributed by atoms with van der Waals surface area (Å²) < 4.78 is 5.82. The van der Waals surface area contributed by atoms with Gasteiger partial charge in [-0.1, -0.05) is 11.6 Å². The van der Waals surface area contributed by atoms with Gasteiger partial charge in [0.05, 0.1) is 5.02 Å². The first-order valence-electron chi connectivity index (χ1n) is 8.42. The van der Waals surface area contributed by atoms with Gasteiger partial charge in [-0.25, -0.2) is 4.98 Å². The number of carbonyl (C=O) groups is 3. The van der Waals surface area contributed by atoms with Crippen molar-refractivity contribution in [2.45, 2.75) is 50.7 Å². The lowest BCUT2D eigenvalue weighted by Crippen LogP contribution is -2.45. The molecule has 1 aliphatic carbocycles. The van der Waals surface area contributed by atoms with Crippen molar-refractivity contribution in [2.75, 3.05) is 6.54 Å². The number of hydrogen-bond acceptors (Lipinski definition) is 5. The summed E-state index contributed by atoms with van der Waals surface area (Å²) in [7, 11) is 0. The van der Waals surface area contributed by atoms with Gasteiger partial charge in [-0.15, -0.1) is 0 Å². The predicted molar refractivity (Wildman–Crippen MR) is 90.0 cm³/mol. The normalized spacial score (nSPS) is 23.6. The van der Waals surface area contributed by atoms with E-state index in [2.05, 4.69) is 10.3 Å². The van der Waals surface area contributed by atoms with Crippen LogP contribution in [0, 0.1) is 0 Å². The fourth-order valence-corrected chi connectivity index (χ4v) is 3.26. The number of nitrogens with one attached hydrogen (secondary N) is 1. The van der Waals surface area contributed by atoms with Gasteiger partial charge in [0.25, 0.3) is 0 Å². The molecule has 25 heavy (non-hydrogen) atoms. The summed E-state index contributed by atoms with van der Waals surface area (Å²) in [6.07, 6.45) is 5.18.